The van der Waals surface area contributed by atoms with E-state index >= 15 is 0 Å². The van der Waals surface area contributed by atoms with E-state index in [2.05, 4.69) is 24.9 Å². The summed E-state index contributed by atoms with van der Waals surface area (Å²) in [5, 5.41) is 3.26. The van der Waals surface area contributed by atoms with E-state index in [0.29, 0.717) is 13.2 Å². The highest BCUT2D eigenvalue weighted by molar-refractivity contribution is 5.78. The van der Waals surface area contributed by atoms with E-state index < -0.39 is 6.61 Å². The van der Waals surface area contributed by atoms with Gasteiger partial charge in [0.25, 0.3) is 0 Å². The van der Waals surface area contributed by atoms with Gasteiger partial charge < -0.3 is 15.0 Å². The first-order chi connectivity index (χ1) is 12.7. The zero-order valence-electron chi connectivity index (χ0n) is 13.8. The first-order valence-corrected chi connectivity index (χ1v) is 8.12. The Morgan fingerprint density at radius 1 is 1.12 bits per heavy atom. The van der Waals surface area contributed by atoms with Crippen molar-refractivity contribution in [3.05, 3.63) is 66.6 Å². The lowest BCUT2D eigenvalue weighted by atomic mass is 10.1. The van der Waals surface area contributed by atoms with Crippen molar-refractivity contribution in [3.63, 3.8) is 0 Å². The topological polar surface area (TPSA) is 50.3 Å². The van der Waals surface area contributed by atoms with Gasteiger partial charge in [-0.25, -0.2) is 4.98 Å². The number of rotatable bonds is 5. The van der Waals surface area contributed by atoms with Gasteiger partial charge >= 0.3 is 6.61 Å². The Morgan fingerprint density at radius 3 is 2.85 bits per heavy atom. The fraction of sp³-hybridized carbons (Fsp3) is 0.158. The Balaban J connectivity index is 1.62. The van der Waals surface area contributed by atoms with Gasteiger partial charge in [0.2, 0.25) is 0 Å². The number of aromatic nitrogens is 2. The molecule has 132 valence electrons. The molecule has 0 fully saturated rings. The third-order valence-corrected chi connectivity index (χ3v) is 4.13. The lowest BCUT2D eigenvalue weighted by Gasteiger charge is -2.18. The molecule has 1 N–H and O–H groups in total. The van der Waals surface area contributed by atoms with E-state index in [-0.39, 0.29) is 5.75 Å². The molecule has 0 radical (unpaired) electrons. The molecule has 0 aliphatic carbocycles. The van der Waals surface area contributed by atoms with Crippen LogP contribution >= 0.6 is 0 Å². The van der Waals surface area contributed by atoms with Crippen molar-refractivity contribution in [2.45, 2.75) is 13.2 Å². The van der Waals surface area contributed by atoms with E-state index in [1.54, 1.807) is 24.5 Å². The number of fused-ring (bicyclic) bond motifs is 1. The van der Waals surface area contributed by atoms with Crippen LogP contribution in [-0.4, -0.2) is 23.2 Å². The maximum absolute atomic E-state index is 12.4. The van der Waals surface area contributed by atoms with Gasteiger partial charge in [0, 0.05) is 30.7 Å². The highest BCUT2D eigenvalue weighted by Crippen LogP contribution is 2.35. The minimum Gasteiger partial charge on any atom is -0.435 e. The highest BCUT2D eigenvalue weighted by atomic mass is 19.3. The minimum atomic E-state index is -2.84. The predicted octanol–water partition coefficient (Wildman–Crippen LogP) is 4.13. The number of benzene rings is 1. The largest absolute Gasteiger partial charge is 0.435 e. The second-order valence-corrected chi connectivity index (χ2v) is 5.89. The van der Waals surface area contributed by atoms with Gasteiger partial charge in [-0.05, 0) is 35.4 Å². The molecule has 2 aromatic heterocycles. The van der Waals surface area contributed by atoms with Crippen molar-refractivity contribution in [3.8, 4) is 16.9 Å². The van der Waals surface area contributed by atoms with E-state index in [9.17, 15) is 8.78 Å². The van der Waals surface area contributed by atoms with Crippen molar-refractivity contribution in [2.24, 2.45) is 0 Å². The molecule has 0 spiro atoms. The maximum atomic E-state index is 12.4. The van der Waals surface area contributed by atoms with Gasteiger partial charge in [-0.2, -0.15) is 8.78 Å². The van der Waals surface area contributed by atoms with E-state index in [1.807, 2.05) is 30.5 Å². The molecule has 0 saturated heterocycles. The van der Waals surface area contributed by atoms with Gasteiger partial charge in [0.05, 0.1) is 12.4 Å². The van der Waals surface area contributed by atoms with Crippen LogP contribution in [0.3, 0.4) is 0 Å². The normalized spacial score (nSPS) is 12.8. The molecular weight excluding hydrogens is 338 g/mol. The predicted molar refractivity (Wildman–Crippen MR) is 95.2 cm³/mol. The summed E-state index contributed by atoms with van der Waals surface area (Å²) in [5.41, 5.74) is 3.67. The fourth-order valence-electron chi connectivity index (χ4n) is 2.95. The number of nitrogens with one attached hydrogen (secondary N) is 1. The van der Waals surface area contributed by atoms with Gasteiger partial charge in [0.15, 0.2) is 5.82 Å². The Kier molecular flexibility index (Phi) is 4.35. The molecule has 1 aromatic carbocycles. The molecule has 3 heterocycles. The summed E-state index contributed by atoms with van der Waals surface area (Å²) in [5.74, 6) is 0.931. The van der Waals surface area contributed by atoms with Crippen LogP contribution in [0.4, 0.5) is 20.3 Å². The SMILES string of the molecule is FC(F)Oc1cccc(-c2cnc3c(c2)N(Cc2cccnc2)CN3)c1. The number of pyridine rings is 2. The van der Waals surface area contributed by atoms with Gasteiger partial charge in [-0.3, -0.25) is 4.98 Å². The Bertz CT molecular complexity index is 905. The summed E-state index contributed by atoms with van der Waals surface area (Å²) in [6.45, 7) is -1.49. The maximum Gasteiger partial charge on any atom is 0.387 e. The summed E-state index contributed by atoms with van der Waals surface area (Å²) in [6, 6.07) is 12.5. The summed E-state index contributed by atoms with van der Waals surface area (Å²) in [7, 11) is 0. The van der Waals surface area contributed by atoms with Crippen molar-refractivity contribution in [1.29, 1.82) is 0 Å². The van der Waals surface area contributed by atoms with Crippen molar-refractivity contribution >= 4 is 11.5 Å². The summed E-state index contributed by atoms with van der Waals surface area (Å²) in [4.78, 5) is 10.8. The minimum absolute atomic E-state index is 0.128. The second kappa shape index (κ2) is 6.95. The lowest BCUT2D eigenvalue weighted by molar-refractivity contribution is -0.0498. The molecule has 0 bridgehead atoms. The molecule has 0 saturated carbocycles. The van der Waals surface area contributed by atoms with E-state index in [1.165, 1.54) is 6.07 Å². The molecule has 26 heavy (non-hydrogen) atoms. The molecule has 0 unspecified atom stereocenters. The number of nitrogens with zero attached hydrogens (tertiary/aromatic N) is 3. The quantitative estimate of drug-likeness (QED) is 0.746. The number of alkyl halides is 2. The van der Waals surface area contributed by atoms with E-state index in [4.69, 9.17) is 0 Å². The molecule has 1 aliphatic heterocycles. The average Bonchev–Trinajstić information content (AvgIpc) is 3.04. The number of halogens is 2. The number of anilines is 2. The monoisotopic (exact) mass is 354 g/mol. The van der Waals surface area contributed by atoms with E-state index in [0.717, 1.165) is 28.2 Å². The van der Waals surface area contributed by atoms with Crippen LogP contribution in [-0.2, 0) is 6.54 Å². The number of hydrogen-bond donors (Lipinski definition) is 1. The van der Waals surface area contributed by atoms with Crippen LogP contribution in [0.5, 0.6) is 5.75 Å². The lowest BCUT2D eigenvalue weighted by Crippen LogP contribution is -2.22. The van der Waals surface area contributed by atoms with Crippen LogP contribution < -0.4 is 15.0 Å². The molecule has 1 aliphatic rings. The average molecular weight is 354 g/mol. The molecule has 5 nitrogen and oxygen atoms in total. The highest BCUT2D eigenvalue weighted by Gasteiger charge is 2.21. The number of ether oxygens (including phenoxy) is 1. The first-order valence-electron chi connectivity index (χ1n) is 8.12. The van der Waals surface area contributed by atoms with Crippen LogP contribution in [0.2, 0.25) is 0 Å². The Hall–Kier alpha value is -3.22. The zero-order chi connectivity index (χ0) is 17.9. The smallest absolute Gasteiger partial charge is 0.387 e. The summed E-state index contributed by atoms with van der Waals surface area (Å²) in [6.07, 6.45) is 5.30. The molecule has 3 aromatic rings. The molecule has 0 amide bonds. The molecular formula is C19H16F2N4O. The summed E-state index contributed by atoms with van der Waals surface area (Å²) < 4.78 is 29.4. The van der Waals surface area contributed by atoms with Gasteiger partial charge in [0.1, 0.15) is 5.75 Å². The zero-order valence-corrected chi connectivity index (χ0v) is 13.8. The van der Waals surface area contributed by atoms with Crippen LogP contribution in [0.15, 0.2) is 61.1 Å². The Morgan fingerprint density at radius 2 is 2.04 bits per heavy atom. The number of hydrogen-bond acceptors (Lipinski definition) is 5. The second-order valence-electron chi connectivity index (χ2n) is 5.89. The molecule has 4 rings (SSSR count). The Labute approximate surface area is 149 Å². The van der Waals surface area contributed by atoms with Crippen molar-refractivity contribution in [1.82, 2.24) is 9.97 Å². The van der Waals surface area contributed by atoms with Crippen molar-refractivity contribution in [2.75, 3.05) is 16.9 Å². The van der Waals surface area contributed by atoms with Crippen LogP contribution in [0, 0.1) is 0 Å². The molecule has 7 heteroatoms. The third-order valence-electron chi connectivity index (χ3n) is 4.13. The van der Waals surface area contributed by atoms with Crippen molar-refractivity contribution < 1.29 is 13.5 Å². The fourth-order valence-corrected chi connectivity index (χ4v) is 2.95. The third kappa shape index (κ3) is 3.42. The summed E-state index contributed by atoms with van der Waals surface area (Å²) >= 11 is 0. The first kappa shape index (κ1) is 16.3. The van der Waals surface area contributed by atoms with Gasteiger partial charge in [-0.1, -0.05) is 18.2 Å². The molecule has 0 atom stereocenters. The van der Waals surface area contributed by atoms with Gasteiger partial charge in [-0.15, -0.1) is 0 Å². The van der Waals surface area contributed by atoms with Crippen LogP contribution in [0.1, 0.15) is 5.56 Å². The van der Waals surface area contributed by atoms with Crippen LogP contribution in [0.25, 0.3) is 11.1 Å². The standard InChI is InChI=1S/C19H16F2N4O/c20-19(21)26-16-5-1-4-14(7-16)15-8-17-18(23-10-15)24-12-25(17)11-13-3-2-6-22-9-13/h1-10,19H,11-12H2,(H,23,24).